The van der Waals surface area contributed by atoms with Crippen molar-refractivity contribution >= 4 is 5.82 Å². The van der Waals surface area contributed by atoms with Crippen molar-refractivity contribution in [2.45, 2.75) is 33.3 Å². The largest absolute Gasteiger partial charge is 0.374 e. The lowest BCUT2D eigenvalue weighted by Crippen LogP contribution is -2.33. The Balaban J connectivity index is 2.53. The smallest absolute Gasteiger partial charge is 0.147 e. The van der Waals surface area contributed by atoms with Gasteiger partial charge in [0.05, 0.1) is 11.3 Å². The molecule has 0 aliphatic heterocycles. The van der Waals surface area contributed by atoms with Gasteiger partial charge in [-0.15, -0.1) is 0 Å². The van der Waals surface area contributed by atoms with Gasteiger partial charge < -0.3 is 10.1 Å². The van der Waals surface area contributed by atoms with Gasteiger partial charge in [0.2, 0.25) is 0 Å². The number of ether oxygens (including phenoxy) is 1. The van der Waals surface area contributed by atoms with Crippen molar-refractivity contribution in [2.75, 3.05) is 18.5 Å². The molecule has 1 heterocycles. The molecule has 0 spiro atoms. The van der Waals surface area contributed by atoms with Gasteiger partial charge in [0.15, 0.2) is 0 Å². The van der Waals surface area contributed by atoms with Crippen molar-refractivity contribution in [3.05, 3.63) is 18.1 Å². The minimum Gasteiger partial charge on any atom is -0.374 e. The molecule has 0 aliphatic rings. The van der Waals surface area contributed by atoms with E-state index in [1.165, 1.54) is 0 Å². The highest BCUT2D eigenvalue weighted by Gasteiger charge is 2.17. The molecule has 4 nitrogen and oxygen atoms in total. The zero-order valence-corrected chi connectivity index (χ0v) is 9.87. The first kappa shape index (κ1) is 11.9. The van der Waals surface area contributed by atoms with Gasteiger partial charge in [0, 0.05) is 25.5 Å². The van der Waals surface area contributed by atoms with E-state index in [1.807, 2.05) is 13.8 Å². The molecule has 0 saturated carbocycles. The Morgan fingerprint density at radius 3 is 2.60 bits per heavy atom. The second kappa shape index (κ2) is 5.07. The Bertz CT molecular complexity index is 312. The first-order chi connectivity index (χ1) is 7.05. The number of hydrogen-bond acceptors (Lipinski definition) is 4. The summed E-state index contributed by atoms with van der Waals surface area (Å²) in [6.45, 7) is 9.47. The average molecular weight is 209 g/mol. The quantitative estimate of drug-likeness (QED) is 0.806. The fourth-order valence-corrected chi connectivity index (χ4v) is 1.32. The maximum absolute atomic E-state index is 5.58. The Hall–Kier alpha value is -1.16. The van der Waals surface area contributed by atoms with Crippen LogP contribution in [-0.4, -0.2) is 28.7 Å². The second-order valence-corrected chi connectivity index (χ2v) is 4.04. The van der Waals surface area contributed by atoms with Crippen molar-refractivity contribution in [1.29, 1.82) is 0 Å². The first-order valence-corrected chi connectivity index (χ1v) is 5.20. The molecule has 0 amide bonds. The number of aromatic nitrogens is 2. The minimum atomic E-state index is -0.182. The van der Waals surface area contributed by atoms with Crippen LogP contribution in [0.5, 0.6) is 0 Å². The predicted molar refractivity (Wildman–Crippen MR) is 61.0 cm³/mol. The fraction of sp³-hybridized carbons (Fsp3) is 0.636. The Kier molecular flexibility index (Phi) is 4.03. The summed E-state index contributed by atoms with van der Waals surface area (Å²) in [7, 11) is 0. The number of nitrogens with one attached hydrogen (secondary N) is 1. The highest BCUT2D eigenvalue weighted by Crippen LogP contribution is 2.12. The van der Waals surface area contributed by atoms with E-state index in [2.05, 4.69) is 29.1 Å². The summed E-state index contributed by atoms with van der Waals surface area (Å²) in [5.74, 6) is 0.824. The minimum absolute atomic E-state index is 0.182. The summed E-state index contributed by atoms with van der Waals surface area (Å²) in [5, 5.41) is 3.24. The lowest BCUT2D eigenvalue weighted by Gasteiger charge is -2.25. The van der Waals surface area contributed by atoms with Crippen LogP contribution in [0.4, 0.5) is 5.82 Å². The van der Waals surface area contributed by atoms with Crippen LogP contribution in [0.1, 0.15) is 26.5 Å². The van der Waals surface area contributed by atoms with Gasteiger partial charge in [-0.1, -0.05) is 0 Å². The van der Waals surface area contributed by atoms with E-state index in [0.29, 0.717) is 6.61 Å². The van der Waals surface area contributed by atoms with E-state index in [-0.39, 0.29) is 5.60 Å². The third kappa shape index (κ3) is 3.83. The van der Waals surface area contributed by atoms with Gasteiger partial charge in [-0.05, 0) is 27.7 Å². The van der Waals surface area contributed by atoms with Gasteiger partial charge in [-0.2, -0.15) is 0 Å². The summed E-state index contributed by atoms with van der Waals surface area (Å²) in [4.78, 5) is 8.37. The first-order valence-electron chi connectivity index (χ1n) is 5.20. The molecule has 1 N–H and O–H groups in total. The van der Waals surface area contributed by atoms with Gasteiger partial charge in [0.1, 0.15) is 5.82 Å². The summed E-state index contributed by atoms with van der Waals surface area (Å²) < 4.78 is 5.58. The van der Waals surface area contributed by atoms with Crippen molar-refractivity contribution in [3.8, 4) is 0 Å². The molecule has 0 bridgehead atoms. The molecule has 0 unspecified atom stereocenters. The highest BCUT2D eigenvalue weighted by molar-refractivity contribution is 5.38. The van der Waals surface area contributed by atoms with Crippen LogP contribution in [0.15, 0.2) is 12.4 Å². The third-order valence-corrected chi connectivity index (χ3v) is 2.10. The standard InChI is InChI=1S/C11H19N3O/c1-5-15-11(3,4)8-14-10-9(2)12-6-7-13-10/h6-7H,5,8H2,1-4H3,(H,13,14). The Morgan fingerprint density at radius 1 is 1.33 bits per heavy atom. The molecule has 84 valence electrons. The molecule has 0 aromatic carbocycles. The van der Waals surface area contributed by atoms with Crippen LogP contribution in [0.2, 0.25) is 0 Å². The molecule has 4 heteroatoms. The molecular formula is C11H19N3O. The van der Waals surface area contributed by atoms with Crippen LogP contribution in [0, 0.1) is 6.92 Å². The fourth-order valence-electron chi connectivity index (χ4n) is 1.32. The van der Waals surface area contributed by atoms with Crippen LogP contribution < -0.4 is 5.32 Å². The topological polar surface area (TPSA) is 47.0 Å². The summed E-state index contributed by atoms with van der Waals surface area (Å²) in [6.07, 6.45) is 3.37. The van der Waals surface area contributed by atoms with E-state index in [9.17, 15) is 0 Å². The van der Waals surface area contributed by atoms with Crippen LogP contribution >= 0.6 is 0 Å². The SMILES string of the molecule is CCOC(C)(C)CNc1nccnc1C. The molecule has 0 fully saturated rings. The van der Waals surface area contributed by atoms with Crippen LogP contribution in [0.3, 0.4) is 0 Å². The van der Waals surface area contributed by atoms with Crippen molar-refractivity contribution in [1.82, 2.24) is 9.97 Å². The van der Waals surface area contributed by atoms with E-state index < -0.39 is 0 Å². The summed E-state index contributed by atoms with van der Waals surface area (Å²) >= 11 is 0. The molecule has 1 aromatic rings. The van der Waals surface area contributed by atoms with Gasteiger partial charge in [-0.25, -0.2) is 4.98 Å². The Morgan fingerprint density at radius 2 is 2.00 bits per heavy atom. The van der Waals surface area contributed by atoms with Crippen molar-refractivity contribution in [3.63, 3.8) is 0 Å². The van der Waals surface area contributed by atoms with Gasteiger partial charge in [-0.3, -0.25) is 4.98 Å². The molecule has 0 radical (unpaired) electrons. The maximum Gasteiger partial charge on any atom is 0.147 e. The molecule has 0 aliphatic carbocycles. The van der Waals surface area contributed by atoms with Gasteiger partial charge >= 0.3 is 0 Å². The van der Waals surface area contributed by atoms with E-state index in [1.54, 1.807) is 12.4 Å². The number of hydrogen-bond donors (Lipinski definition) is 1. The van der Waals surface area contributed by atoms with Crippen LogP contribution in [-0.2, 0) is 4.74 Å². The number of aryl methyl sites for hydroxylation is 1. The lowest BCUT2D eigenvalue weighted by atomic mass is 10.1. The molecule has 0 saturated heterocycles. The van der Waals surface area contributed by atoms with E-state index >= 15 is 0 Å². The zero-order chi connectivity index (χ0) is 11.3. The van der Waals surface area contributed by atoms with Crippen molar-refractivity contribution in [2.24, 2.45) is 0 Å². The van der Waals surface area contributed by atoms with E-state index in [4.69, 9.17) is 4.74 Å². The molecular weight excluding hydrogens is 190 g/mol. The highest BCUT2D eigenvalue weighted by atomic mass is 16.5. The zero-order valence-electron chi connectivity index (χ0n) is 9.87. The number of rotatable bonds is 5. The van der Waals surface area contributed by atoms with Gasteiger partial charge in [0.25, 0.3) is 0 Å². The number of anilines is 1. The predicted octanol–water partition coefficient (Wildman–Crippen LogP) is 2.01. The third-order valence-electron chi connectivity index (χ3n) is 2.10. The number of nitrogens with zero attached hydrogens (tertiary/aromatic N) is 2. The monoisotopic (exact) mass is 209 g/mol. The molecule has 15 heavy (non-hydrogen) atoms. The molecule has 1 aromatic heterocycles. The normalized spacial score (nSPS) is 11.5. The van der Waals surface area contributed by atoms with Crippen LogP contribution in [0.25, 0.3) is 0 Å². The Labute approximate surface area is 91.1 Å². The van der Waals surface area contributed by atoms with Crippen molar-refractivity contribution < 1.29 is 4.74 Å². The lowest BCUT2D eigenvalue weighted by molar-refractivity contribution is 0.000633. The molecule has 1 rings (SSSR count). The maximum atomic E-state index is 5.58. The van der Waals surface area contributed by atoms with E-state index in [0.717, 1.165) is 18.1 Å². The average Bonchev–Trinajstić information content (AvgIpc) is 2.16. The second-order valence-electron chi connectivity index (χ2n) is 4.04. The summed E-state index contributed by atoms with van der Waals surface area (Å²) in [5.41, 5.74) is 0.725. The summed E-state index contributed by atoms with van der Waals surface area (Å²) in [6, 6.07) is 0. The molecule has 0 atom stereocenters.